The van der Waals surface area contributed by atoms with Crippen LogP contribution in [0.3, 0.4) is 0 Å². The summed E-state index contributed by atoms with van der Waals surface area (Å²) in [6, 6.07) is 10.8. The number of nitrogen functional groups attached to an aromatic ring is 1. The highest BCUT2D eigenvalue weighted by atomic mass is 16.2. The van der Waals surface area contributed by atoms with Crippen LogP contribution in [-0.4, -0.2) is 22.5 Å². The molecule has 2 rings (SSSR count). The lowest BCUT2D eigenvalue weighted by Gasteiger charge is -2.21. The summed E-state index contributed by atoms with van der Waals surface area (Å²) < 4.78 is 0. The molecular formula is C15H18N4O. The molecule has 5 heteroatoms. The van der Waals surface area contributed by atoms with E-state index in [0.717, 1.165) is 11.3 Å². The first-order valence-electron chi connectivity index (χ1n) is 6.49. The summed E-state index contributed by atoms with van der Waals surface area (Å²) in [6.45, 7) is 3.13. The second-order valence-electron chi connectivity index (χ2n) is 4.42. The van der Waals surface area contributed by atoms with Crippen molar-refractivity contribution in [2.75, 3.05) is 17.6 Å². The van der Waals surface area contributed by atoms with Gasteiger partial charge in [-0.2, -0.15) is 0 Å². The van der Waals surface area contributed by atoms with Gasteiger partial charge in [0.05, 0.1) is 0 Å². The van der Waals surface area contributed by atoms with Crippen LogP contribution < -0.4 is 11.1 Å². The number of carbonyl (C=O) groups excluding carboxylic acids is 1. The van der Waals surface area contributed by atoms with Crippen LogP contribution in [0, 0.1) is 0 Å². The first-order chi connectivity index (χ1) is 9.69. The van der Waals surface area contributed by atoms with Gasteiger partial charge < -0.3 is 16.0 Å². The number of nitrogens with two attached hydrogens (primary N) is 1. The number of amides is 2. The van der Waals surface area contributed by atoms with Crippen LogP contribution in [0.2, 0.25) is 0 Å². The van der Waals surface area contributed by atoms with Crippen molar-refractivity contribution < 1.29 is 4.79 Å². The summed E-state index contributed by atoms with van der Waals surface area (Å²) in [7, 11) is 0. The third kappa shape index (κ3) is 3.71. The molecule has 0 fully saturated rings. The molecule has 2 aromatic rings. The Morgan fingerprint density at radius 2 is 1.85 bits per heavy atom. The molecule has 104 valence electrons. The maximum Gasteiger partial charge on any atom is 0.322 e. The Hall–Kier alpha value is -2.56. The van der Waals surface area contributed by atoms with Crippen LogP contribution in [0.5, 0.6) is 0 Å². The van der Waals surface area contributed by atoms with E-state index in [1.165, 1.54) is 0 Å². The first kappa shape index (κ1) is 13.9. The Morgan fingerprint density at radius 3 is 2.45 bits per heavy atom. The number of hydrogen-bond donors (Lipinski definition) is 2. The summed E-state index contributed by atoms with van der Waals surface area (Å²) in [4.78, 5) is 17.9. The highest BCUT2D eigenvalue weighted by Crippen LogP contribution is 2.12. The second-order valence-corrected chi connectivity index (χ2v) is 4.42. The minimum absolute atomic E-state index is 0.130. The highest BCUT2D eigenvalue weighted by Gasteiger charge is 2.12. The molecule has 1 aromatic heterocycles. The number of urea groups is 1. The number of hydrogen-bond acceptors (Lipinski definition) is 3. The molecule has 0 saturated carbocycles. The summed E-state index contributed by atoms with van der Waals surface area (Å²) in [6.07, 6.45) is 3.45. The minimum Gasteiger partial charge on any atom is -0.399 e. The molecule has 20 heavy (non-hydrogen) atoms. The van der Waals surface area contributed by atoms with Crippen molar-refractivity contribution in [2.24, 2.45) is 0 Å². The van der Waals surface area contributed by atoms with E-state index in [1.807, 2.05) is 19.1 Å². The highest BCUT2D eigenvalue weighted by molar-refractivity contribution is 5.89. The van der Waals surface area contributed by atoms with E-state index in [2.05, 4.69) is 10.3 Å². The number of aromatic nitrogens is 1. The lowest BCUT2D eigenvalue weighted by atomic mass is 10.2. The Morgan fingerprint density at radius 1 is 1.20 bits per heavy atom. The number of carbonyl (C=O) groups is 1. The zero-order chi connectivity index (χ0) is 14.4. The van der Waals surface area contributed by atoms with E-state index in [-0.39, 0.29) is 6.03 Å². The number of pyridine rings is 1. The summed E-state index contributed by atoms with van der Waals surface area (Å²) in [5, 5.41) is 2.86. The van der Waals surface area contributed by atoms with E-state index in [9.17, 15) is 4.79 Å². The second kappa shape index (κ2) is 6.56. The molecule has 0 aliphatic rings. The monoisotopic (exact) mass is 270 g/mol. The van der Waals surface area contributed by atoms with Gasteiger partial charge in [0.1, 0.15) is 0 Å². The smallest absolute Gasteiger partial charge is 0.322 e. The molecular weight excluding hydrogens is 252 g/mol. The molecule has 0 aliphatic heterocycles. The molecule has 0 aliphatic carbocycles. The Kier molecular flexibility index (Phi) is 4.55. The summed E-state index contributed by atoms with van der Waals surface area (Å²) >= 11 is 0. The number of anilines is 2. The van der Waals surface area contributed by atoms with Crippen molar-refractivity contribution in [2.45, 2.75) is 13.5 Å². The molecule has 2 amide bonds. The van der Waals surface area contributed by atoms with Crippen molar-refractivity contribution in [1.29, 1.82) is 0 Å². The maximum atomic E-state index is 12.2. The number of nitrogens with zero attached hydrogens (tertiary/aromatic N) is 2. The van der Waals surface area contributed by atoms with E-state index >= 15 is 0 Å². The van der Waals surface area contributed by atoms with Gasteiger partial charge in [-0.15, -0.1) is 0 Å². The van der Waals surface area contributed by atoms with Crippen molar-refractivity contribution in [3.8, 4) is 0 Å². The van der Waals surface area contributed by atoms with Crippen molar-refractivity contribution in [1.82, 2.24) is 9.88 Å². The topological polar surface area (TPSA) is 71.2 Å². The van der Waals surface area contributed by atoms with Gasteiger partial charge in [-0.05, 0) is 48.9 Å². The fraction of sp³-hybridized carbons (Fsp3) is 0.200. The average Bonchev–Trinajstić information content (AvgIpc) is 2.48. The van der Waals surface area contributed by atoms with Crippen LogP contribution in [-0.2, 0) is 6.54 Å². The van der Waals surface area contributed by atoms with Crippen LogP contribution >= 0.6 is 0 Å². The van der Waals surface area contributed by atoms with Gasteiger partial charge in [-0.3, -0.25) is 4.98 Å². The third-order valence-corrected chi connectivity index (χ3v) is 2.95. The van der Waals surface area contributed by atoms with Gasteiger partial charge in [0.2, 0.25) is 0 Å². The Bertz CT molecular complexity index is 554. The average molecular weight is 270 g/mol. The van der Waals surface area contributed by atoms with Crippen LogP contribution in [0.15, 0.2) is 48.8 Å². The zero-order valence-electron chi connectivity index (χ0n) is 11.4. The lowest BCUT2D eigenvalue weighted by Crippen LogP contribution is -2.34. The molecule has 0 unspecified atom stereocenters. The van der Waals surface area contributed by atoms with Gasteiger partial charge in [0, 0.05) is 36.9 Å². The maximum absolute atomic E-state index is 12.2. The van der Waals surface area contributed by atoms with Gasteiger partial charge >= 0.3 is 6.03 Å². The summed E-state index contributed by atoms with van der Waals surface area (Å²) in [5.74, 6) is 0. The standard InChI is InChI=1S/C15H18N4O/c1-2-19(11-12-7-9-17-10-8-12)15(20)18-14-5-3-13(16)4-6-14/h3-10H,2,11,16H2,1H3,(H,18,20). The fourth-order valence-corrected chi connectivity index (χ4v) is 1.80. The molecule has 5 nitrogen and oxygen atoms in total. The molecule has 1 heterocycles. The van der Waals surface area contributed by atoms with E-state index < -0.39 is 0 Å². The molecule has 0 radical (unpaired) electrons. The van der Waals surface area contributed by atoms with Gasteiger partial charge in [-0.25, -0.2) is 4.79 Å². The number of rotatable bonds is 4. The predicted octanol–water partition coefficient (Wildman–Crippen LogP) is 2.72. The number of nitrogens with one attached hydrogen (secondary N) is 1. The van der Waals surface area contributed by atoms with Gasteiger partial charge in [0.15, 0.2) is 0 Å². The van der Waals surface area contributed by atoms with Crippen LogP contribution in [0.1, 0.15) is 12.5 Å². The van der Waals surface area contributed by atoms with Gasteiger partial charge in [0.25, 0.3) is 0 Å². The van der Waals surface area contributed by atoms with E-state index in [4.69, 9.17) is 5.73 Å². The third-order valence-electron chi connectivity index (χ3n) is 2.95. The Labute approximate surface area is 118 Å². The fourth-order valence-electron chi connectivity index (χ4n) is 1.80. The minimum atomic E-state index is -0.130. The van der Waals surface area contributed by atoms with E-state index in [0.29, 0.717) is 18.8 Å². The largest absolute Gasteiger partial charge is 0.399 e. The van der Waals surface area contributed by atoms with Crippen LogP contribution in [0.4, 0.5) is 16.2 Å². The van der Waals surface area contributed by atoms with Crippen molar-refractivity contribution in [3.63, 3.8) is 0 Å². The van der Waals surface area contributed by atoms with Crippen molar-refractivity contribution >= 4 is 17.4 Å². The first-order valence-corrected chi connectivity index (χ1v) is 6.49. The van der Waals surface area contributed by atoms with Crippen molar-refractivity contribution in [3.05, 3.63) is 54.4 Å². The SMILES string of the molecule is CCN(Cc1ccncc1)C(=O)Nc1ccc(N)cc1. The van der Waals surface area contributed by atoms with E-state index in [1.54, 1.807) is 41.6 Å². The molecule has 1 aromatic carbocycles. The number of benzene rings is 1. The summed E-state index contributed by atoms with van der Waals surface area (Å²) in [5.41, 5.74) is 8.07. The lowest BCUT2D eigenvalue weighted by molar-refractivity contribution is 0.212. The molecule has 0 spiro atoms. The van der Waals surface area contributed by atoms with Gasteiger partial charge in [-0.1, -0.05) is 0 Å². The normalized spacial score (nSPS) is 10.1. The quantitative estimate of drug-likeness (QED) is 0.839. The predicted molar refractivity (Wildman–Crippen MR) is 80.2 cm³/mol. The molecule has 0 saturated heterocycles. The Balaban J connectivity index is 2.00. The van der Waals surface area contributed by atoms with Crippen LogP contribution in [0.25, 0.3) is 0 Å². The molecule has 3 N–H and O–H groups in total. The molecule has 0 atom stereocenters. The zero-order valence-corrected chi connectivity index (χ0v) is 11.4. The molecule has 0 bridgehead atoms.